The zero-order valence-corrected chi connectivity index (χ0v) is 17.1. The van der Waals surface area contributed by atoms with Gasteiger partial charge in [0.1, 0.15) is 5.75 Å². The standard InChI is InChI=1S/C21H26N2O3S/c1-14(27-16-12-10-15(26-5)11-13-16)19(24)22-18-9-7-6-8-17(18)20(25)23-21(2,3)4/h6-14H,1-5H3,(H,22,24)(H,23,25)/t14-/m0/s1. The van der Waals surface area contributed by atoms with Crippen molar-refractivity contribution < 1.29 is 14.3 Å². The van der Waals surface area contributed by atoms with Crippen LogP contribution in [-0.2, 0) is 4.79 Å². The van der Waals surface area contributed by atoms with Gasteiger partial charge in [-0.2, -0.15) is 0 Å². The van der Waals surface area contributed by atoms with Crippen molar-refractivity contribution >= 4 is 29.3 Å². The average Bonchev–Trinajstić information content (AvgIpc) is 2.61. The topological polar surface area (TPSA) is 67.4 Å². The van der Waals surface area contributed by atoms with E-state index < -0.39 is 0 Å². The number of methoxy groups -OCH3 is 1. The van der Waals surface area contributed by atoms with Crippen molar-refractivity contribution in [3.05, 3.63) is 54.1 Å². The molecule has 2 N–H and O–H groups in total. The van der Waals surface area contributed by atoms with E-state index in [4.69, 9.17) is 4.74 Å². The van der Waals surface area contributed by atoms with Crippen molar-refractivity contribution in [2.45, 2.75) is 43.4 Å². The molecule has 2 amide bonds. The summed E-state index contributed by atoms with van der Waals surface area (Å²) in [6, 6.07) is 14.6. The largest absolute Gasteiger partial charge is 0.497 e. The number of rotatable bonds is 6. The summed E-state index contributed by atoms with van der Waals surface area (Å²) in [5, 5.41) is 5.47. The molecule has 2 rings (SSSR count). The zero-order chi connectivity index (χ0) is 20.0. The maximum absolute atomic E-state index is 12.6. The van der Waals surface area contributed by atoms with Crippen molar-refractivity contribution in [2.24, 2.45) is 0 Å². The first-order valence-electron chi connectivity index (χ1n) is 8.73. The summed E-state index contributed by atoms with van der Waals surface area (Å²) in [7, 11) is 1.62. The first kappa shape index (κ1) is 20.8. The first-order valence-corrected chi connectivity index (χ1v) is 9.60. The lowest BCUT2D eigenvalue weighted by Crippen LogP contribution is -2.41. The van der Waals surface area contributed by atoms with Crippen molar-refractivity contribution in [3.63, 3.8) is 0 Å². The number of hydrogen-bond acceptors (Lipinski definition) is 4. The second-order valence-corrected chi connectivity index (χ2v) is 8.59. The fourth-order valence-corrected chi connectivity index (χ4v) is 3.21. The highest BCUT2D eigenvalue weighted by atomic mass is 32.2. The predicted octanol–water partition coefficient (Wildman–Crippen LogP) is 4.34. The Balaban J connectivity index is 2.07. The van der Waals surface area contributed by atoms with E-state index in [1.807, 2.05) is 52.0 Å². The van der Waals surface area contributed by atoms with Crippen LogP contribution in [0.15, 0.2) is 53.4 Å². The number of thioether (sulfide) groups is 1. The van der Waals surface area contributed by atoms with Gasteiger partial charge in [-0.15, -0.1) is 11.8 Å². The van der Waals surface area contributed by atoms with Gasteiger partial charge < -0.3 is 15.4 Å². The summed E-state index contributed by atoms with van der Waals surface area (Å²) in [6.07, 6.45) is 0. The highest BCUT2D eigenvalue weighted by molar-refractivity contribution is 8.00. The van der Waals surface area contributed by atoms with Gasteiger partial charge in [-0.1, -0.05) is 12.1 Å². The second-order valence-electron chi connectivity index (χ2n) is 7.17. The molecule has 0 bridgehead atoms. The smallest absolute Gasteiger partial charge is 0.253 e. The maximum Gasteiger partial charge on any atom is 0.253 e. The summed E-state index contributed by atoms with van der Waals surface area (Å²) in [6.45, 7) is 7.58. The Morgan fingerprint density at radius 1 is 1.04 bits per heavy atom. The monoisotopic (exact) mass is 386 g/mol. The Hall–Kier alpha value is -2.47. The molecule has 0 spiro atoms. The number of nitrogens with one attached hydrogen (secondary N) is 2. The Kier molecular flexibility index (Phi) is 6.91. The lowest BCUT2D eigenvalue weighted by Gasteiger charge is -2.22. The SMILES string of the molecule is COc1ccc(S[C@@H](C)C(=O)Nc2ccccc2C(=O)NC(C)(C)C)cc1. The number of para-hydroxylation sites is 1. The minimum Gasteiger partial charge on any atom is -0.497 e. The molecule has 0 aliphatic carbocycles. The predicted molar refractivity (Wildman–Crippen MR) is 111 cm³/mol. The van der Waals surface area contributed by atoms with Crippen LogP contribution in [-0.4, -0.2) is 29.7 Å². The Morgan fingerprint density at radius 2 is 1.67 bits per heavy atom. The molecule has 144 valence electrons. The molecular weight excluding hydrogens is 360 g/mol. The van der Waals surface area contributed by atoms with Gasteiger partial charge >= 0.3 is 0 Å². The third-order valence-corrected chi connectivity index (χ3v) is 4.77. The quantitative estimate of drug-likeness (QED) is 0.725. The van der Waals surface area contributed by atoms with Gasteiger partial charge in [-0.05, 0) is 64.1 Å². The normalized spacial score (nSPS) is 12.2. The lowest BCUT2D eigenvalue weighted by molar-refractivity contribution is -0.115. The van der Waals surface area contributed by atoms with Crippen molar-refractivity contribution in [1.82, 2.24) is 5.32 Å². The molecule has 1 atom stereocenters. The van der Waals surface area contributed by atoms with Gasteiger partial charge in [0.05, 0.1) is 23.6 Å². The Labute approximate surface area is 164 Å². The van der Waals surface area contributed by atoms with Crippen LogP contribution >= 0.6 is 11.8 Å². The number of hydrogen-bond donors (Lipinski definition) is 2. The molecule has 2 aromatic rings. The van der Waals surface area contributed by atoms with Gasteiger partial charge in [0, 0.05) is 10.4 Å². The molecule has 2 aromatic carbocycles. The molecule has 5 nitrogen and oxygen atoms in total. The minimum atomic E-state index is -0.355. The fraction of sp³-hybridized carbons (Fsp3) is 0.333. The van der Waals surface area contributed by atoms with Gasteiger partial charge in [0.15, 0.2) is 0 Å². The molecule has 27 heavy (non-hydrogen) atoms. The first-order chi connectivity index (χ1) is 12.7. The van der Waals surface area contributed by atoms with E-state index in [1.165, 1.54) is 11.8 Å². The molecular formula is C21H26N2O3S. The number of ether oxygens (including phenoxy) is 1. The minimum absolute atomic E-state index is 0.160. The fourth-order valence-electron chi connectivity index (χ4n) is 2.34. The third kappa shape index (κ3) is 6.32. The van der Waals surface area contributed by atoms with E-state index in [1.54, 1.807) is 31.4 Å². The van der Waals surface area contributed by atoms with Crippen LogP contribution in [0.1, 0.15) is 38.1 Å². The Bertz CT molecular complexity index is 798. The van der Waals surface area contributed by atoms with E-state index in [0.29, 0.717) is 11.3 Å². The summed E-state index contributed by atoms with van der Waals surface area (Å²) >= 11 is 1.45. The van der Waals surface area contributed by atoms with E-state index >= 15 is 0 Å². The van der Waals surface area contributed by atoms with E-state index in [9.17, 15) is 9.59 Å². The van der Waals surface area contributed by atoms with Crippen molar-refractivity contribution in [1.29, 1.82) is 0 Å². The molecule has 6 heteroatoms. The molecule has 0 saturated heterocycles. The molecule has 0 aliphatic rings. The zero-order valence-electron chi connectivity index (χ0n) is 16.3. The van der Waals surface area contributed by atoms with Gasteiger partial charge in [0.25, 0.3) is 5.91 Å². The Morgan fingerprint density at radius 3 is 2.26 bits per heavy atom. The summed E-state index contributed by atoms with van der Waals surface area (Å²) in [5.74, 6) is 0.399. The molecule has 0 fully saturated rings. The lowest BCUT2D eigenvalue weighted by atomic mass is 10.1. The second kappa shape index (κ2) is 8.95. The molecule has 0 unspecified atom stereocenters. The van der Waals surface area contributed by atoms with Gasteiger partial charge in [0.2, 0.25) is 5.91 Å². The van der Waals surface area contributed by atoms with Crippen LogP contribution in [0.4, 0.5) is 5.69 Å². The molecule has 0 saturated carbocycles. The maximum atomic E-state index is 12.6. The van der Waals surface area contributed by atoms with Crippen LogP contribution in [0, 0.1) is 0 Å². The van der Waals surface area contributed by atoms with E-state index in [0.717, 1.165) is 10.6 Å². The van der Waals surface area contributed by atoms with Crippen LogP contribution in [0.5, 0.6) is 5.75 Å². The molecule has 0 heterocycles. The highest BCUT2D eigenvalue weighted by Crippen LogP contribution is 2.26. The number of anilines is 1. The number of carbonyl (C=O) groups is 2. The van der Waals surface area contributed by atoms with Crippen LogP contribution in [0.25, 0.3) is 0 Å². The van der Waals surface area contributed by atoms with Crippen LogP contribution < -0.4 is 15.4 Å². The molecule has 0 aliphatic heterocycles. The summed E-state index contributed by atoms with van der Waals surface area (Å²) < 4.78 is 5.14. The summed E-state index contributed by atoms with van der Waals surface area (Å²) in [4.78, 5) is 26.1. The number of benzene rings is 2. The average molecular weight is 387 g/mol. The van der Waals surface area contributed by atoms with Crippen molar-refractivity contribution in [2.75, 3.05) is 12.4 Å². The van der Waals surface area contributed by atoms with Crippen LogP contribution in [0.3, 0.4) is 0 Å². The van der Waals surface area contributed by atoms with Crippen LogP contribution in [0.2, 0.25) is 0 Å². The van der Waals surface area contributed by atoms with Gasteiger partial charge in [-0.3, -0.25) is 9.59 Å². The van der Waals surface area contributed by atoms with E-state index in [-0.39, 0.29) is 22.6 Å². The summed E-state index contributed by atoms with van der Waals surface area (Å²) in [5.41, 5.74) is 0.597. The third-order valence-electron chi connectivity index (χ3n) is 3.66. The number of amides is 2. The van der Waals surface area contributed by atoms with Crippen molar-refractivity contribution in [3.8, 4) is 5.75 Å². The van der Waals surface area contributed by atoms with E-state index in [2.05, 4.69) is 10.6 Å². The van der Waals surface area contributed by atoms with Gasteiger partial charge in [-0.25, -0.2) is 0 Å². The molecule has 0 radical (unpaired) electrons. The molecule has 0 aromatic heterocycles. The highest BCUT2D eigenvalue weighted by Gasteiger charge is 2.20. The number of carbonyl (C=O) groups excluding carboxylic acids is 2.